The van der Waals surface area contributed by atoms with Gasteiger partial charge in [-0.25, -0.2) is 0 Å². The zero-order valence-corrected chi connectivity index (χ0v) is 16.6. The van der Waals surface area contributed by atoms with Gasteiger partial charge < -0.3 is 4.43 Å². The molecule has 0 radical (unpaired) electrons. The number of rotatable bonds is 16. The zero-order valence-electron chi connectivity index (χ0n) is 14.6. The van der Waals surface area contributed by atoms with Crippen molar-refractivity contribution in [2.75, 3.05) is 0 Å². The van der Waals surface area contributed by atoms with E-state index < -0.39 is 0 Å². The van der Waals surface area contributed by atoms with E-state index in [1.54, 1.807) is 0 Å². The molecule has 0 aromatic carbocycles. The summed E-state index contributed by atoms with van der Waals surface area (Å²) >= 11 is 0. The fourth-order valence-corrected chi connectivity index (χ4v) is 2.95. The molecule has 2 nitrogen and oxygen atoms in total. The average molecular weight is 315 g/mol. The first-order valence-electron chi connectivity index (χ1n) is 9.38. The lowest BCUT2D eigenvalue weighted by Crippen LogP contribution is -2.00. The molecular formula is C18H38O2Si. The maximum absolute atomic E-state index is 11.0. The molecule has 0 unspecified atom stereocenters. The molecule has 0 amide bonds. The Kier molecular flexibility index (Phi) is 17.5. The molecule has 0 spiro atoms. The van der Waals surface area contributed by atoms with Gasteiger partial charge in [0.2, 0.25) is 10.5 Å². The van der Waals surface area contributed by atoms with Gasteiger partial charge in [-0.3, -0.25) is 4.79 Å². The minimum atomic E-state index is -0.00337. The van der Waals surface area contributed by atoms with Crippen LogP contribution in [0.2, 0.25) is 0 Å². The number of hydrogen-bond donors (Lipinski definition) is 0. The van der Waals surface area contributed by atoms with E-state index in [4.69, 9.17) is 4.43 Å². The van der Waals surface area contributed by atoms with E-state index in [0.29, 0.717) is 16.9 Å². The summed E-state index contributed by atoms with van der Waals surface area (Å²) < 4.78 is 4.77. The van der Waals surface area contributed by atoms with Crippen molar-refractivity contribution in [1.82, 2.24) is 0 Å². The van der Waals surface area contributed by atoms with E-state index in [-0.39, 0.29) is 5.97 Å². The molecule has 0 bridgehead atoms. The van der Waals surface area contributed by atoms with Crippen LogP contribution in [0.1, 0.15) is 110 Å². The van der Waals surface area contributed by atoms with Gasteiger partial charge in [0.15, 0.2) is 0 Å². The van der Waals surface area contributed by atoms with Crippen molar-refractivity contribution in [3.63, 3.8) is 0 Å². The molecule has 0 heterocycles. The van der Waals surface area contributed by atoms with Crippen LogP contribution in [0.4, 0.5) is 0 Å². The van der Waals surface area contributed by atoms with Crippen LogP contribution in [-0.4, -0.2) is 16.5 Å². The van der Waals surface area contributed by atoms with Gasteiger partial charge in [-0.2, -0.15) is 0 Å². The first kappa shape index (κ1) is 20.7. The molecule has 21 heavy (non-hydrogen) atoms. The molecule has 0 N–H and O–H groups in total. The molecule has 0 aliphatic heterocycles. The lowest BCUT2D eigenvalue weighted by molar-refractivity contribution is -0.134. The molecule has 0 rings (SSSR count). The maximum Gasteiger partial charge on any atom is 0.291 e. The van der Waals surface area contributed by atoms with Crippen molar-refractivity contribution in [2.45, 2.75) is 110 Å². The highest BCUT2D eigenvalue weighted by atomic mass is 28.2. The molecule has 0 fully saturated rings. The highest BCUT2D eigenvalue weighted by Gasteiger charge is 1.98. The molecule has 0 saturated heterocycles. The van der Waals surface area contributed by atoms with Crippen molar-refractivity contribution in [3.05, 3.63) is 0 Å². The molecule has 0 aromatic heterocycles. The summed E-state index contributed by atoms with van der Waals surface area (Å²) in [7, 11) is 0.544. The predicted octanol–water partition coefficient (Wildman–Crippen LogP) is 5.07. The second-order valence-electron chi connectivity index (χ2n) is 6.28. The Morgan fingerprint density at radius 3 is 1.33 bits per heavy atom. The van der Waals surface area contributed by atoms with Crippen molar-refractivity contribution >= 4 is 16.5 Å². The third-order valence-electron chi connectivity index (χ3n) is 4.21. The second-order valence-corrected chi connectivity index (χ2v) is 6.68. The smallest absolute Gasteiger partial charge is 0.291 e. The van der Waals surface area contributed by atoms with E-state index >= 15 is 0 Å². The van der Waals surface area contributed by atoms with Gasteiger partial charge in [-0.15, -0.1) is 0 Å². The summed E-state index contributed by atoms with van der Waals surface area (Å²) in [5.41, 5.74) is 0. The first-order chi connectivity index (χ1) is 10.3. The van der Waals surface area contributed by atoms with E-state index in [2.05, 4.69) is 6.92 Å². The fourth-order valence-electron chi connectivity index (χ4n) is 2.74. The maximum atomic E-state index is 11.0. The predicted molar refractivity (Wildman–Crippen MR) is 95.6 cm³/mol. The van der Waals surface area contributed by atoms with Gasteiger partial charge >= 0.3 is 0 Å². The van der Waals surface area contributed by atoms with Crippen LogP contribution in [0.5, 0.6) is 0 Å². The van der Waals surface area contributed by atoms with Gasteiger partial charge in [0.1, 0.15) is 0 Å². The number of carbonyl (C=O) groups is 1. The molecule has 0 aromatic rings. The third kappa shape index (κ3) is 17.6. The van der Waals surface area contributed by atoms with Crippen LogP contribution >= 0.6 is 0 Å². The normalized spacial score (nSPS) is 10.9. The Labute approximate surface area is 136 Å². The van der Waals surface area contributed by atoms with Gasteiger partial charge in [0, 0.05) is 6.42 Å². The number of carbonyl (C=O) groups excluding carboxylic acids is 1. The second kappa shape index (κ2) is 17.7. The van der Waals surface area contributed by atoms with E-state index in [0.717, 1.165) is 6.42 Å². The minimum absolute atomic E-state index is 0.00337. The molecule has 0 aliphatic rings. The molecule has 0 aliphatic carbocycles. The minimum Gasteiger partial charge on any atom is -0.529 e. The molecule has 0 atom stereocenters. The quantitative estimate of drug-likeness (QED) is 0.293. The van der Waals surface area contributed by atoms with E-state index in [1.165, 1.54) is 89.9 Å². The largest absolute Gasteiger partial charge is 0.529 e. The molecule has 126 valence electrons. The summed E-state index contributed by atoms with van der Waals surface area (Å²) in [4.78, 5) is 11.0. The number of unbranched alkanes of at least 4 members (excludes halogenated alkanes) is 14. The van der Waals surface area contributed by atoms with Gasteiger partial charge in [-0.1, -0.05) is 96.8 Å². The summed E-state index contributed by atoms with van der Waals surface area (Å²) in [5, 5.41) is 0. The highest BCUT2D eigenvalue weighted by Crippen LogP contribution is 2.13. The lowest BCUT2D eigenvalue weighted by Gasteiger charge is -2.03. The van der Waals surface area contributed by atoms with Crippen LogP contribution in [-0.2, 0) is 9.22 Å². The first-order valence-corrected chi connectivity index (χ1v) is 10.2. The van der Waals surface area contributed by atoms with Gasteiger partial charge in [-0.05, 0) is 6.42 Å². The van der Waals surface area contributed by atoms with E-state index in [9.17, 15) is 4.79 Å². The lowest BCUT2D eigenvalue weighted by atomic mass is 10.0. The third-order valence-corrected chi connectivity index (χ3v) is 4.67. The van der Waals surface area contributed by atoms with Crippen LogP contribution in [0, 0.1) is 0 Å². The van der Waals surface area contributed by atoms with Crippen molar-refractivity contribution in [1.29, 1.82) is 0 Å². The van der Waals surface area contributed by atoms with Gasteiger partial charge in [0.05, 0.1) is 0 Å². The summed E-state index contributed by atoms with van der Waals surface area (Å²) in [5.74, 6) is -0.00337. The molecular weight excluding hydrogens is 276 g/mol. The van der Waals surface area contributed by atoms with Crippen LogP contribution in [0.15, 0.2) is 0 Å². The Morgan fingerprint density at radius 1 is 0.667 bits per heavy atom. The Hall–Kier alpha value is -0.313. The Bertz CT molecular complexity index is 219. The topological polar surface area (TPSA) is 26.3 Å². The highest BCUT2D eigenvalue weighted by molar-refractivity contribution is 6.05. The Balaban J connectivity index is 2.98. The van der Waals surface area contributed by atoms with Crippen molar-refractivity contribution < 1.29 is 9.22 Å². The van der Waals surface area contributed by atoms with Gasteiger partial charge in [0.25, 0.3) is 5.97 Å². The SMILES string of the molecule is CCCCCCCCCCCCCCCCCC(=O)O[SiH3]. The average Bonchev–Trinajstić information content (AvgIpc) is 2.50. The number of hydrogen-bond acceptors (Lipinski definition) is 2. The molecule has 3 heteroatoms. The van der Waals surface area contributed by atoms with Crippen molar-refractivity contribution in [2.24, 2.45) is 0 Å². The summed E-state index contributed by atoms with van der Waals surface area (Å²) in [6.45, 7) is 2.28. The van der Waals surface area contributed by atoms with Crippen LogP contribution in [0.3, 0.4) is 0 Å². The van der Waals surface area contributed by atoms with E-state index in [1.807, 2.05) is 0 Å². The monoisotopic (exact) mass is 314 g/mol. The zero-order chi connectivity index (χ0) is 15.6. The van der Waals surface area contributed by atoms with Crippen LogP contribution < -0.4 is 0 Å². The van der Waals surface area contributed by atoms with Crippen LogP contribution in [0.25, 0.3) is 0 Å². The summed E-state index contributed by atoms with van der Waals surface area (Å²) in [6, 6.07) is 0. The Morgan fingerprint density at radius 2 is 1.00 bits per heavy atom. The molecule has 0 saturated carbocycles. The standard InChI is InChI=1S/C18H38O2Si/c1-2-3-4-5-6-7-8-9-10-11-12-13-14-15-16-17-18(19)20-21/h2-17H2,1,21H3. The fraction of sp³-hybridized carbons (Fsp3) is 0.944. The van der Waals surface area contributed by atoms with Crippen molar-refractivity contribution in [3.8, 4) is 0 Å². The summed E-state index contributed by atoms with van der Waals surface area (Å²) in [6.07, 6.45) is 21.1.